The van der Waals surface area contributed by atoms with Crippen molar-refractivity contribution in [3.63, 3.8) is 0 Å². The summed E-state index contributed by atoms with van der Waals surface area (Å²) in [6.07, 6.45) is 2.66. The summed E-state index contributed by atoms with van der Waals surface area (Å²) in [7, 11) is 0. The molecule has 1 amide bonds. The lowest BCUT2D eigenvalue weighted by atomic mass is 10.3. The molecule has 2 heterocycles. The van der Waals surface area contributed by atoms with Crippen molar-refractivity contribution in [1.29, 1.82) is 0 Å². The van der Waals surface area contributed by atoms with E-state index in [2.05, 4.69) is 26.1 Å². The minimum Gasteiger partial charge on any atom is -0.459 e. The van der Waals surface area contributed by atoms with Crippen molar-refractivity contribution in [3.05, 3.63) is 60.6 Å². The molecule has 3 aromatic rings. The van der Waals surface area contributed by atoms with E-state index in [0.29, 0.717) is 11.5 Å². The zero-order valence-electron chi connectivity index (χ0n) is 12.3. The van der Waals surface area contributed by atoms with E-state index in [4.69, 9.17) is 10.2 Å². The SMILES string of the molecule is Nc1c(NNC(=O)c2ccco2)ncnc1Nc1ccc(F)cc1. The number of carbonyl (C=O) groups excluding carboxylic acids is 1. The van der Waals surface area contributed by atoms with Crippen LogP contribution in [0.5, 0.6) is 0 Å². The summed E-state index contributed by atoms with van der Waals surface area (Å²) in [5.41, 5.74) is 11.8. The minimum atomic E-state index is -0.481. The molecule has 3 rings (SSSR count). The quantitative estimate of drug-likeness (QED) is 0.531. The Morgan fingerprint density at radius 3 is 2.58 bits per heavy atom. The molecule has 5 N–H and O–H groups in total. The van der Waals surface area contributed by atoms with Crippen LogP contribution in [0.15, 0.2) is 53.4 Å². The highest BCUT2D eigenvalue weighted by Gasteiger charge is 2.11. The maximum absolute atomic E-state index is 12.9. The van der Waals surface area contributed by atoms with Gasteiger partial charge in [-0.3, -0.25) is 15.6 Å². The molecule has 0 aliphatic carbocycles. The number of nitrogens with zero attached hydrogens (tertiary/aromatic N) is 2. The molecule has 122 valence electrons. The summed E-state index contributed by atoms with van der Waals surface area (Å²) in [5.74, 6) is -0.175. The van der Waals surface area contributed by atoms with Crippen molar-refractivity contribution >= 4 is 28.9 Å². The van der Waals surface area contributed by atoms with Gasteiger partial charge in [0, 0.05) is 5.69 Å². The number of carbonyl (C=O) groups is 1. The van der Waals surface area contributed by atoms with Gasteiger partial charge in [-0.1, -0.05) is 0 Å². The minimum absolute atomic E-state index is 0.139. The van der Waals surface area contributed by atoms with Crippen LogP contribution < -0.4 is 21.9 Å². The highest BCUT2D eigenvalue weighted by Crippen LogP contribution is 2.25. The number of furan rings is 1. The topological polar surface area (TPSA) is 118 Å². The Morgan fingerprint density at radius 2 is 1.88 bits per heavy atom. The Morgan fingerprint density at radius 1 is 1.12 bits per heavy atom. The summed E-state index contributed by atoms with van der Waals surface area (Å²) in [4.78, 5) is 19.8. The van der Waals surface area contributed by atoms with Crippen LogP contribution in [0.2, 0.25) is 0 Å². The molecule has 1 aromatic carbocycles. The molecular formula is C15H13FN6O2. The number of halogens is 1. The second-order valence-corrected chi connectivity index (χ2v) is 4.67. The summed E-state index contributed by atoms with van der Waals surface area (Å²) in [6, 6.07) is 8.82. The molecule has 0 spiro atoms. The Balaban J connectivity index is 1.71. The molecule has 0 radical (unpaired) electrons. The van der Waals surface area contributed by atoms with Gasteiger partial charge in [-0.05, 0) is 36.4 Å². The van der Waals surface area contributed by atoms with E-state index in [1.807, 2.05) is 0 Å². The first-order chi connectivity index (χ1) is 11.6. The predicted molar refractivity (Wildman–Crippen MR) is 85.9 cm³/mol. The van der Waals surface area contributed by atoms with Crippen LogP contribution in [-0.2, 0) is 0 Å². The van der Waals surface area contributed by atoms with Gasteiger partial charge in [0.15, 0.2) is 17.4 Å². The van der Waals surface area contributed by atoms with Crippen molar-refractivity contribution in [3.8, 4) is 0 Å². The first-order valence-electron chi connectivity index (χ1n) is 6.86. The van der Waals surface area contributed by atoms with Crippen LogP contribution >= 0.6 is 0 Å². The number of hydrogen-bond donors (Lipinski definition) is 4. The average Bonchev–Trinajstić information content (AvgIpc) is 3.12. The molecule has 2 aromatic heterocycles. The van der Waals surface area contributed by atoms with E-state index in [0.717, 1.165) is 0 Å². The van der Waals surface area contributed by atoms with Gasteiger partial charge in [-0.15, -0.1) is 0 Å². The highest BCUT2D eigenvalue weighted by molar-refractivity contribution is 5.92. The number of benzene rings is 1. The molecule has 0 aliphatic heterocycles. The largest absolute Gasteiger partial charge is 0.459 e. The summed E-state index contributed by atoms with van der Waals surface area (Å²) >= 11 is 0. The third-order valence-electron chi connectivity index (χ3n) is 3.03. The Bertz CT molecular complexity index is 836. The van der Waals surface area contributed by atoms with E-state index >= 15 is 0 Å². The lowest BCUT2D eigenvalue weighted by Gasteiger charge is -2.12. The van der Waals surface area contributed by atoms with Crippen LogP contribution in [0.25, 0.3) is 0 Å². The molecule has 0 atom stereocenters. The maximum atomic E-state index is 12.9. The molecule has 0 bridgehead atoms. The zero-order chi connectivity index (χ0) is 16.9. The van der Waals surface area contributed by atoms with Gasteiger partial charge >= 0.3 is 5.91 Å². The number of nitrogens with two attached hydrogens (primary N) is 1. The van der Waals surface area contributed by atoms with Crippen LogP contribution in [0, 0.1) is 5.82 Å². The van der Waals surface area contributed by atoms with E-state index in [-0.39, 0.29) is 23.1 Å². The standard InChI is InChI=1S/C15H13FN6O2/c16-9-3-5-10(6-4-9)20-13-12(17)14(19-8-18-13)21-22-15(23)11-2-1-7-24-11/h1-8H,17H2,(H,22,23)(H2,18,19,20,21). The van der Waals surface area contributed by atoms with Gasteiger partial charge in [0.1, 0.15) is 17.8 Å². The van der Waals surface area contributed by atoms with Gasteiger partial charge in [0.05, 0.1) is 6.26 Å². The zero-order valence-corrected chi connectivity index (χ0v) is 12.3. The third-order valence-corrected chi connectivity index (χ3v) is 3.03. The monoisotopic (exact) mass is 328 g/mol. The van der Waals surface area contributed by atoms with Gasteiger partial charge in [0.2, 0.25) is 0 Å². The molecule has 0 fully saturated rings. The molecule has 9 heteroatoms. The van der Waals surface area contributed by atoms with Gasteiger partial charge in [-0.25, -0.2) is 14.4 Å². The fraction of sp³-hybridized carbons (Fsp3) is 0. The first-order valence-corrected chi connectivity index (χ1v) is 6.86. The predicted octanol–water partition coefficient (Wildman–Crippen LogP) is 2.29. The fourth-order valence-electron chi connectivity index (χ4n) is 1.85. The lowest BCUT2D eigenvalue weighted by Crippen LogP contribution is -2.30. The summed E-state index contributed by atoms with van der Waals surface area (Å²) < 4.78 is 17.9. The van der Waals surface area contributed by atoms with Crippen LogP contribution in [-0.4, -0.2) is 15.9 Å². The van der Waals surface area contributed by atoms with Crippen LogP contribution in [0.1, 0.15) is 10.6 Å². The Hall–Kier alpha value is -3.62. The second-order valence-electron chi connectivity index (χ2n) is 4.67. The number of hydrazine groups is 1. The van der Waals surface area contributed by atoms with E-state index < -0.39 is 5.91 Å². The highest BCUT2D eigenvalue weighted by atomic mass is 19.1. The summed E-state index contributed by atoms with van der Waals surface area (Å²) in [5, 5.41) is 2.94. The molecule has 24 heavy (non-hydrogen) atoms. The number of amides is 1. The molecule has 0 unspecified atom stereocenters. The van der Waals surface area contributed by atoms with Crippen molar-refractivity contribution < 1.29 is 13.6 Å². The Kier molecular flexibility index (Phi) is 4.23. The third kappa shape index (κ3) is 3.40. The molecule has 0 aliphatic rings. The van der Waals surface area contributed by atoms with Crippen molar-refractivity contribution in [2.24, 2.45) is 0 Å². The van der Waals surface area contributed by atoms with E-state index in [1.165, 1.54) is 30.8 Å². The number of nitrogens with one attached hydrogen (secondary N) is 3. The van der Waals surface area contributed by atoms with Crippen molar-refractivity contribution in [2.45, 2.75) is 0 Å². The van der Waals surface area contributed by atoms with Crippen LogP contribution in [0.4, 0.5) is 27.4 Å². The number of nitrogen functional groups attached to an aromatic ring is 1. The molecule has 8 nitrogen and oxygen atoms in total. The molecular weight excluding hydrogens is 315 g/mol. The molecule has 0 saturated carbocycles. The normalized spacial score (nSPS) is 10.2. The van der Waals surface area contributed by atoms with Crippen molar-refractivity contribution in [2.75, 3.05) is 16.5 Å². The number of anilines is 4. The lowest BCUT2D eigenvalue weighted by molar-refractivity contribution is 0.0935. The molecule has 0 saturated heterocycles. The Labute approximate surface area is 135 Å². The number of rotatable bonds is 5. The smallest absolute Gasteiger partial charge is 0.305 e. The maximum Gasteiger partial charge on any atom is 0.305 e. The van der Waals surface area contributed by atoms with Gasteiger partial charge < -0.3 is 15.5 Å². The summed E-state index contributed by atoms with van der Waals surface area (Å²) in [6.45, 7) is 0. The van der Waals surface area contributed by atoms with Gasteiger partial charge in [-0.2, -0.15) is 0 Å². The number of aromatic nitrogens is 2. The van der Waals surface area contributed by atoms with E-state index in [9.17, 15) is 9.18 Å². The van der Waals surface area contributed by atoms with Gasteiger partial charge in [0.25, 0.3) is 0 Å². The number of hydrogen-bond acceptors (Lipinski definition) is 7. The van der Waals surface area contributed by atoms with Crippen molar-refractivity contribution in [1.82, 2.24) is 15.4 Å². The average molecular weight is 328 g/mol. The van der Waals surface area contributed by atoms with Crippen LogP contribution in [0.3, 0.4) is 0 Å². The van der Waals surface area contributed by atoms with E-state index in [1.54, 1.807) is 18.2 Å². The first kappa shape index (κ1) is 15.3. The fourth-order valence-corrected chi connectivity index (χ4v) is 1.85. The second kappa shape index (κ2) is 6.65.